The number of nitriles is 1. The second kappa shape index (κ2) is 4.85. The van der Waals surface area contributed by atoms with E-state index < -0.39 is 0 Å². The standard InChI is InChI=1S/C9H10N2OS/c1-7(6-12)13-9-2-3-11-8(4-9)5-10/h2-4,7,12H,6H2,1H3. The molecule has 3 nitrogen and oxygen atoms in total. The third kappa shape index (κ3) is 3.05. The maximum absolute atomic E-state index is 8.82. The van der Waals surface area contributed by atoms with Crippen LogP contribution in [-0.2, 0) is 0 Å². The van der Waals surface area contributed by atoms with Crippen LogP contribution in [-0.4, -0.2) is 21.9 Å². The summed E-state index contributed by atoms with van der Waals surface area (Å²) in [5.41, 5.74) is 0.412. The molecule has 1 aromatic rings. The maximum atomic E-state index is 8.82. The van der Waals surface area contributed by atoms with Gasteiger partial charge in [-0.05, 0) is 12.1 Å². The number of nitrogens with zero attached hydrogens (tertiary/aromatic N) is 2. The Morgan fingerprint density at radius 3 is 3.15 bits per heavy atom. The Labute approximate surface area is 81.4 Å². The number of rotatable bonds is 3. The summed E-state index contributed by atoms with van der Waals surface area (Å²) >= 11 is 1.53. The van der Waals surface area contributed by atoms with Gasteiger partial charge in [0.25, 0.3) is 0 Å². The fraction of sp³-hybridized carbons (Fsp3) is 0.333. The molecule has 0 spiro atoms. The van der Waals surface area contributed by atoms with Crippen molar-refractivity contribution in [2.45, 2.75) is 17.1 Å². The number of hydrogen-bond acceptors (Lipinski definition) is 4. The van der Waals surface area contributed by atoms with Crippen LogP contribution in [0.25, 0.3) is 0 Å². The van der Waals surface area contributed by atoms with Gasteiger partial charge < -0.3 is 5.11 Å². The lowest BCUT2D eigenvalue weighted by molar-refractivity contribution is 0.300. The minimum absolute atomic E-state index is 0.134. The van der Waals surface area contributed by atoms with E-state index in [1.807, 2.05) is 19.1 Å². The summed E-state index contributed by atoms with van der Waals surface area (Å²) in [5.74, 6) is 0. The van der Waals surface area contributed by atoms with Gasteiger partial charge in [0.05, 0.1) is 6.61 Å². The molecule has 4 heteroatoms. The van der Waals surface area contributed by atoms with Gasteiger partial charge >= 0.3 is 0 Å². The van der Waals surface area contributed by atoms with Crippen LogP contribution in [0.5, 0.6) is 0 Å². The molecule has 0 aliphatic rings. The summed E-state index contributed by atoms with van der Waals surface area (Å²) < 4.78 is 0. The molecule has 0 radical (unpaired) electrons. The van der Waals surface area contributed by atoms with E-state index in [0.29, 0.717) is 5.69 Å². The number of thioether (sulfide) groups is 1. The summed E-state index contributed by atoms with van der Waals surface area (Å²) in [5, 5.41) is 17.6. The van der Waals surface area contributed by atoms with Crippen LogP contribution in [0, 0.1) is 11.3 Å². The lowest BCUT2D eigenvalue weighted by Crippen LogP contribution is -2.01. The van der Waals surface area contributed by atoms with Gasteiger partial charge in [0.2, 0.25) is 0 Å². The highest BCUT2D eigenvalue weighted by atomic mass is 32.2. The van der Waals surface area contributed by atoms with E-state index in [9.17, 15) is 0 Å². The molecule has 1 rings (SSSR count). The SMILES string of the molecule is CC(CO)Sc1ccnc(C#N)c1. The van der Waals surface area contributed by atoms with E-state index in [0.717, 1.165) is 4.90 Å². The average molecular weight is 194 g/mol. The lowest BCUT2D eigenvalue weighted by atomic mass is 10.4. The van der Waals surface area contributed by atoms with Gasteiger partial charge in [-0.2, -0.15) is 5.26 Å². The minimum Gasteiger partial charge on any atom is -0.395 e. The van der Waals surface area contributed by atoms with Crippen molar-refractivity contribution in [2.75, 3.05) is 6.61 Å². The molecule has 13 heavy (non-hydrogen) atoms. The second-order valence-electron chi connectivity index (χ2n) is 2.60. The van der Waals surface area contributed by atoms with Crippen LogP contribution in [0.4, 0.5) is 0 Å². The predicted octanol–water partition coefficient (Wildman–Crippen LogP) is 1.43. The molecule has 0 fully saturated rings. The van der Waals surface area contributed by atoms with Crippen molar-refractivity contribution in [1.82, 2.24) is 4.98 Å². The molecule has 0 amide bonds. The third-order valence-corrected chi connectivity index (χ3v) is 2.52. The van der Waals surface area contributed by atoms with Gasteiger partial charge in [0.1, 0.15) is 11.8 Å². The largest absolute Gasteiger partial charge is 0.395 e. The summed E-state index contributed by atoms with van der Waals surface area (Å²) in [6.45, 7) is 2.06. The van der Waals surface area contributed by atoms with E-state index in [4.69, 9.17) is 10.4 Å². The molecule has 0 bridgehead atoms. The summed E-state index contributed by atoms with van der Waals surface area (Å²) in [7, 11) is 0. The van der Waals surface area contributed by atoms with E-state index >= 15 is 0 Å². The first-order chi connectivity index (χ1) is 6.26. The molecule has 1 unspecified atom stereocenters. The van der Waals surface area contributed by atoms with Gasteiger partial charge in [0, 0.05) is 16.3 Å². The Bertz CT molecular complexity index is 322. The Hall–Kier alpha value is -1.05. The van der Waals surface area contributed by atoms with Crippen molar-refractivity contribution in [3.05, 3.63) is 24.0 Å². The molecule has 1 heterocycles. The van der Waals surface area contributed by atoms with Crippen molar-refractivity contribution < 1.29 is 5.11 Å². The normalized spacial score (nSPS) is 12.1. The third-order valence-electron chi connectivity index (χ3n) is 1.44. The summed E-state index contributed by atoms with van der Waals surface area (Å²) in [6, 6.07) is 5.52. The van der Waals surface area contributed by atoms with Crippen LogP contribution in [0.1, 0.15) is 12.6 Å². The maximum Gasteiger partial charge on any atom is 0.141 e. The number of aliphatic hydroxyl groups excluding tert-OH is 1. The molecule has 0 aromatic carbocycles. The van der Waals surface area contributed by atoms with Crippen LogP contribution in [0.3, 0.4) is 0 Å². The predicted molar refractivity (Wildman–Crippen MR) is 51.4 cm³/mol. The molecule has 1 N–H and O–H groups in total. The first kappa shape index (κ1) is 10.0. The molecular formula is C9H10N2OS. The monoisotopic (exact) mass is 194 g/mol. The zero-order chi connectivity index (χ0) is 9.68. The quantitative estimate of drug-likeness (QED) is 0.739. The topological polar surface area (TPSA) is 56.9 Å². The van der Waals surface area contributed by atoms with Crippen LogP contribution in [0.15, 0.2) is 23.2 Å². The van der Waals surface area contributed by atoms with Gasteiger partial charge in [-0.1, -0.05) is 6.92 Å². The van der Waals surface area contributed by atoms with E-state index in [1.165, 1.54) is 11.8 Å². The van der Waals surface area contributed by atoms with Crippen LogP contribution >= 0.6 is 11.8 Å². The molecule has 1 atom stereocenters. The first-order valence-corrected chi connectivity index (χ1v) is 4.78. The van der Waals surface area contributed by atoms with E-state index in [-0.39, 0.29) is 11.9 Å². The summed E-state index contributed by atoms with van der Waals surface area (Å²) in [4.78, 5) is 4.82. The molecule has 68 valence electrons. The van der Waals surface area contributed by atoms with Crippen molar-refractivity contribution in [3.8, 4) is 6.07 Å². The molecule has 0 aliphatic carbocycles. The number of aliphatic hydroxyl groups is 1. The molecule has 0 saturated carbocycles. The van der Waals surface area contributed by atoms with Crippen molar-refractivity contribution in [2.24, 2.45) is 0 Å². The van der Waals surface area contributed by atoms with Gasteiger partial charge in [0.15, 0.2) is 0 Å². The molecule has 0 aliphatic heterocycles. The Morgan fingerprint density at radius 2 is 2.54 bits per heavy atom. The number of pyridine rings is 1. The Balaban J connectivity index is 2.73. The van der Waals surface area contributed by atoms with Crippen molar-refractivity contribution in [3.63, 3.8) is 0 Å². The minimum atomic E-state index is 0.134. The molecular weight excluding hydrogens is 184 g/mol. The van der Waals surface area contributed by atoms with Gasteiger partial charge in [-0.15, -0.1) is 11.8 Å². The molecule has 1 aromatic heterocycles. The van der Waals surface area contributed by atoms with E-state index in [2.05, 4.69) is 4.98 Å². The zero-order valence-electron chi connectivity index (χ0n) is 7.27. The Kier molecular flexibility index (Phi) is 3.74. The molecule has 0 saturated heterocycles. The highest BCUT2D eigenvalue weighted by molar-refractivity contribution is 8.00. The number of aromatic nitrogens is 1. The zero-order valence-corrected chi connectivity index (χ0v) is 8.08. The lowest BCUT2D eigenvalue weighted by Gasteiger charge is -2.06. The highest BCUT2D eigenvalue weighted by Gasteiger charge is 2.03. The van der Waals surface area contributed by atoms with Gasteiger partial charge in [-0.25, -0.2) is 4.98 Å². The second-order valence-corrected chi connectivity index (χ2v) is 4.11. The fourth-order valence-electron chi connectivity index (χ4n) is 0.815. The fourth-order valence-corrected chi connectivity index (χ4v) is 1.67. The first-order valence-electron chi connectivity index (χ1n) is 3.90. The van der Waals surface area contributed by atoms with E-state index in [1.54, 1.807) is 12.3 Å². The highest BCUT2D eigenvalue weighted by Crippen LogP contribution is 2.22. The summed E-state index contributed by atoms with van der Waals surface area (Å²) in [6.07, 6.45) is 1.60. The van der Waals surface area contributed by atoms with Crippen LogP contribution < -0.4 is 0 Å². The Morgan fingerprint density at radius 1 is 1.77 bits per heavy atom. The smallest absolute Gasteiger partial charge is 0.141 e. The van der Waals surface area contributed by atoms with Gasteiger partial charge in [-0.3, -0.25) is 0 Å². The van der Waals surface area contributed by atoms with Crippen molar-refractivity contribution in [1.29, 1.82) is 5.26 Å². The van der Waals surface area contributed by atoms with Crippen molar-refractivity contribution >= 4 is 11.8 Å². The number of hydrogen-bond donors (Lipinski definition) is 1. The van der Waals surface area contributed by atoms with Crippen LogP contribution in [0.2, 0.25) is 0 Å². The average Bonchev–Trinajstić information content (AvgIpc) is 2.18.